The van der Waals surface area contributed by atoms with Gasteiger partial charge in [0.15, 0.2) is 11.5 Å². The minimum Gasteiger partial charge on any atom is -0.493 e. The van der Waals surface area contributed by atoms with Crippen molar-refractivity contribution in [3.8, 4) is 11.5 Å². The number of methoxy groups -OCH3 is 2. The minimum absolute atomic E-state index is 0.248. The summed E-state index contributed by atoms with van der Waals surface area (Å²) in [5.41, 5.74) is 1.15. The predicted molar refractivity (Wildman–Crippen MR) is 69.4 cm³/mol. The van der Waals surface area contributed by atoms with Gasteiger partial charge in [-0.2, -0.15) is 0 Å². The Bertz CT molecular complexity index is 513. The molecule has 0 aliphatic heterocycles. The molecule has 0 saturated heterocycles. The van der Waals surface area contributed by atoms with Crippen molar-refractivity contribution in [3.63, 3.8) is 0 Å². The maximum atomic E-state index is 11.5. The highest BCUT2D eigenvalue weighted by Crippen LogP contribution is 2.28. The molecule has 0 aromatic heterocycles. The lowest BCUT2D eigenvalue weighted by atomic mass is 10.2. The van der Waals surface area contributed by atoms with Crippen LogP contribution in [0.25, 0.3) is 0 Å². The lowest BCUT2D eigenvalue weighted by Crippen LogP contribution is -2.07. The van der Waals surface area contributed by atoms with Gasteiger partial charge in [-0.05, 0) is 32.0 Å². The normalized spacial score (nSPS) is 9.47. The van der Waals surface area contributed by atoms with Crippen LogP contribution in [0.4, 0.5) is 0 Å². The van der Waals surface area contributed by atoms with Crippen molar-refractivity contribution < 1.29 is 23.8 Å². The lowest BCUT2D eigenvalue weighted by Gasteiger charge is -2.09. The van der Waals surface area contributed by atoms with Crippen LogP contribution in [-0.4, -0.2) is 26.2 Å². The Morgan fingerprint density at radius 3 is 2.32 bits per heavy atom. The van der Waals surface area contributed by atoms with Gasteiger partial charge in [0.2, 0.25) is 0 Å². The molecule has 0 radical (unpaired) electrons. The largest absolute Gasteiger partial charge is 0.493 e. The van der Waals surface area contributed by atoms with E-state index >= 15 is 0 Å². The van der Waals surface area contributed by atoms with Crippen LogP contribution in [0.1, 0.15) is 24.2 Å². The van der Waals surface area contributed by atoms with Gasteiger partial charge in [-0.15, -0.1) is 0 Å². The number of hydrogen-bond acceptors (Lipinski definition) is 5. The molecule has 0 unspecified atom stereocenters. The van der Waals surface area contributed by atoms with Crippen LogP contribution in [0.3, 0.4) is 0 Å². The van der Waals surface area contributed by atoms with E-state index in [-0.39, 0.29) is 5.75 Å². The van der Waals surface area contributed by atoms with E-state index < -0.39 is 11.9 Å². The highest BCUT2D eigenvalue weighted by Gasteiger charge is 2.13. The number of benzene rings is 1. The average Bonchev–Trinajstić information content (AvgIpc) is 2.37. The van der Waals surface area contributed by atoms with Crippen LogP contribution in [0.2, 0.25) is 0 Å². The number of carbonyl (C=O) groups excluding carboxylic acids is 2. The van der Waals surface area contributed by atoms with Crippen LogP contribution in [0.5, 0.6) is 11.5 Å². The molecule has 1 aromatic rings. The van der Waals surface area contributed by atoms with E-state index in [1.807, 2.05) is 0 Å². The van der Waals surface area contributed by atoms with Gasteiger partial charge in [-0.1, -0.05) is 5.57 Å². The molecule has 0 aliphatic rings. The second kappa shape index (κ2) is 6.58. The minimum atomic E-state index is -0.496. The molecule has 102 valence electrons. The standard InChI is InChI=1S/C14H16O5/c1-9(2)7-13(15)19-11-6-5-10(14(16)18-4)8-12(11)17-3/h5-8H,1-4H3. The Morgan fingerprint density at radius 1 is 1.11 bits per heavy atom. The quantitative estimate of drug-likeness (QED) is 0.474. The first kappa shape index (κ1) is 14.8. The van der Waals surface area contributed by atoms with Crippen molar-refractivity contribution in [2.75, 3.05) is 14.2 Å². The maximum Gasteiger partial charge on any atom is 0.337 e. The number of ether oxygens (including phenoxy) is 3. The Labute approximate surface area is 111 Å². The smallest absolute Gasteiger partial charge is 0.337 e. The molecule has 0 amide bonds. The van der Waals surface area contributed by atoms with E-state index in [0.29, 0.717) is 11.3 Å². The van der Waals surface area contributed by atoms with E-state index in [1.165, 1.54) is 38.5 Å². The first-order valence-electron chi connectivity index (χ1n) is 5.61. The fourth-order valence-electron chi connectivity index (χ4n) is 1.37. The van der Waals surface area contributed by atoms with Gasteiger partial charge in [0.05, 0.1) is 19.8 Å². The summed E-state index contributed by atoms with van der Waals surface area (Å²) >= 11 is 0. The highest BCUT2D eigenvalue weighted by atomic mass is 16.6. The van der Waals surface area contributed by atoms with E-state index in [2.05, 4.69) is 4.74 Å². The summed E-state index contributed by atoms with van der Waals surface area (Å²) in [4.78, 5) is 22.9. The zero-order valence-electron chi connectivity index (χ0n) is 11.4. The van der Waals surface area contributed by atoms with E-state index in [0.717, 1.165) is 5.57 Å². The number of carbonyl (C=O) groups is 2. The first-order valence-corrected chi connectivity index (χ1v) is 5.61. The van der Waals surface area contributed by atoms with Crippen LogP contribution in [0, 0.1) is 0 Å². The number of rotatable bonds is 4. The molecule has 0 bridgehead atoms. The Balaban J connectivity index is 3.00. The molecular weight excluding hydrogens is 248 g/mol. The summed E-state index contributed by atoms with van der Waals surface area (Å²) in [5, 5.41) is 0. The van der Waals surface area contributed by atoms with Crippen LogP contribution >= 0.6 is 0 Å². The van der Waals surface area contributed by atoms with Gasteiger partial charge in [-0.25, -0.2) is 9.59 Å². The Morgan fingerprint density at radius 2 is 1.79 bits per heavy atom. The monoisotopic (exact) mass is 264 g/mol. The fourth-order valence-corrected chi connectivity index (χ4v) is 1.37. The third-order valence-electron chi connectivity index (χ3n) is 2.20. The zero-order valence-corrected chi connectivity index (χ0v) is 11.4. The van der Waals surface area contributed by atoms with Crippen LogP contribution < -0.4 is 9.47 Å². The molecule has 0 fully saturated rings. The van der Waals surface area contributed by atoms with Crippen molar-refractivity contribution >= 4 is 11.9 Å². The zero-order chi connectivity index (χ0) is 14.4. The second-order valence-corrected chi connectivity index (χ2v) is 4.00. The molecule has 5 nitrogen and oxygen atoms in total. The maximum absolute atomic E-state index is 11.5. The molecule has 0 aliphatic carbocycles. The molecule has 0 atom stereocenters. The molecule has 1 aromatic carbocycles. The predicted octanol–water partition coefficient (Wildman–Crippen LogP) is 2.35. The van der Waals surface area contributed by atoms with Gasteiger partial charge >= 0.3 is 11.9 Å². The fraction of sp³-hybridized carbons (Fsp3) is 0.286. The van der Waals surface area contributed by atoms with Crippen molar-refractivity contribution in [2.45, 2.75) is 13.8 Å². The summed E-state index contributed by atoms with van der Waals surface area (Å²) in [6.07, 6.45) is 1.37. The van der Waals surface area contributed by atoms with Crippen molar-refractivity contribution in [1.82, 2.24) is 0 Å². The van der Waals surface area contributed by atoms with Gasteiger partial charge in [0.25, 0.3) is 0 Å². The van der Waals surface area contributed by atoms with Crippen LogP contribution in [0.15, 0.2) is 29.8 Å². The van der Waals surface area contributed by atoms with E-state index in [1.54, 1.807) is 13.8 Å². The summed E-state index contributed by atoms with van der Waals surface area (Å²) in [6, 6.07) is 4.44. The number of esters is 2. The molecule has 0 N–H and O–H groups in total. The molecule has 0 spiro atoms. The summed E-state index contributed by atoms with van der Waals surface area (Å²) in [7, 11) is 2.71. The lowest BCUT2D eigenvalue weighted by molar-refractivity contribution is -0.129. The Kier molecular flexibility index (Phi) is 5.11. The SMILES string of the molecule is COC(=O)c1ccc(OC(=O)C=C(C)C)c(OC)c1. The number of hydrogen-bond donors (Lipinski definition) is 0. The molecular formula is C14H16O5. The second-order valence-electron chi connectivity index (χ2n) is 4.00. The van der Waals surface area contributed by atoms with Crippen molar-refractivity contribution in [1.29, 1.82) is 0 Å². The Hall–Kier alpha value is -2.30. The summed E-state index contributed by atoms with van der Waals surface area (Å²) in [5.74, 6) is -0.444. The molecule has 0 heterocycles. The molecule has 0 saturated carbocycles. The first-order chi connectivity index (χ1) is 8.97. The van der Waals surface area contributed by atoms with E-state index in [9.17, 15) is 9.59 Å². The third kappa shape index (κ3) is 4.13. The third-order valence-corrected chi connectivity index (χ3v) is 2.20. The van der Waals surface area contributed by atoms with Gasteiger partial charge in [0, 0.05) is 6.08 Å². The summed E-state index contributed by atoms with van der Waals surface area (Å²) < 4.78 is 14.8. The van der Waals surface area contributed by atoms with Crippen molar-refractivity contribution in [2.24, 2.45) is 0 Å². The molecule has 5 heteroatoms. The van der Waals surface area contributed by atoms with Crippen molar-refractivity contribution in [3.05, 3.63) is 35.4 Å². The molecule has 1 rings (SSSR count). The van der Waals surface area contributed by atoms with Crippen LogP contribution in [-0.2, 0) is 9.53 Å². The van der Waals surface area contributed by atoms with Gasteiger partial charge in [0.1, 0.15) is 0 Å². The number of allylic oxidation sites excluding steroid dienone is 1. The summed E-state index contributed by atoms with van der Waals surface area (Å²) in [6.45, 7) is 3.58. The highest BCUT2D eigenvalue weighted by molar-refractivity contribution is 5.90. The van der Waals surface area contributed by atoms with E-state index in [4.69, 9.17) is 9.47 Å². The average molecular weight is 264 g/mol. The molecule has 19 heavy (non-hydrogen) atoms. The topological polar surface area (TPSA) is 61.8 Å². The van der Waals surface area contributed by atoms with Gasteiger partial charge < -0.3 is 14.2 Å². The van der Waals surface area contributed by atoms with Gasteiger partial charge in [-0.3, -0.25) is 0 Å².